The minimum atomic E-state index is -0.218. The Labute approximate surface area is 155 Å². The smallest absolute Gasteiger partial charge is 0.268 e. The molecule has 0 radical (unpaired) electrons. The van der Waals surface area contributed by atoms with Gasteiger partial charge in [-0.05, 0) is 49.7 Å². The molecule has 2 heterocycles. The Morgan fingerprint density at radius 1 is 1.08 bits per heavy atom. The topological polar surface area (TPSA) is 73.3 Å². The van der Waals surface area contributed by atoms with Gasteiger partial charge in [0.05, 0.1) is 19.9 Å². The summed E-state index contributed by atoms with van der Waals surface area (Å²) in [6.07, 6.45) is 1.67. The average molecular weight is 369 g/mol. The Hall–Kier alpha value is -2.93. The minimum absolute atomic E-state index is 0.218. The Kier molecular flexibility index (Phi) is 5.18. The molecule has 6 nitrogen and oxygen atoms in total. The number of ether oxygens (including phenoxy) is 2. The number of carbonyl (C=O) groups is 1. The molecule has 0 spiro atoms. The fourth-order valence-electron chi connectivity index (χ4n) is 2.48. The molecule has 0 aliphatic carbocycles. The zero-order chi connectivity index (χ0) is 18.7. The van der Waals surface area contributed by atoms with Crippen LogP contribution in [0, 0.1) is 13.8 Å². The number of amides is 1. The van der Waals surface area contributed by atoms with Crippen LogP contribution in [0.5, 0.6) is 11.5 Å². The normalized spacial score (nSPS) is 10.5. The van der Waals surface area contributed by atoms with Crippen molar-refractivity contribution in [1.82, 2.24) is 9.97 Å². The molecule has 0 fully saturated rings. The minimum Gasteiger partial charge on any atom is -0.493 e. The van der Waals surface area contributed by atoms with Crippen molar-refractivity contribution in [3.63, 3.8) is 0 Å². The molecule has 2 aromatic heterocycles. The first-order valence-corrected chi connectivity index (χ1v) is 8.77. The zero-order valence-electron chi connectivity index (χ0n) is 15.0. The summed E-state index contributed by atoms with van der Waals surface area (Å²) in [5.74, 6) is 1.57. The highest BCUT2D eigenvalue weighted by Crippen LogP contribution is 2.35. The first kappa shape index (κ1) is 17.9. The molecule has 1 amide bonds. The summed E-state index contributed by atoms with van der Waals surface area (Å²) in [6.45, 7) is 3.77. The molecule has 134 valence electrons. The van der Waals surface area contributed by atoms with Crippen molar-refractivity contribution in [2.45, 2.75) is 13.8 Å². The lowest BCUT2D eigenvalue weighted by Gasteiger charge is -2.08. The molecule has 0 unspecified atom stereocenters. The molecular weight excluding hydrogens is 350 g/mol. The van der Waals surface area contributed by atoms with Crippen molar-refractivity contribution in [3.05, 3.63) is 52.7 Å². The second-order valence-corrected chi connectivity index (χ2v) is 6.67. The van der Waals surface area contributed by atoms with Crippen molar-refractivity contribution in [1.29, 1.82) is 0 Å². The molecule has 0 saturated carbocycles. The summed E-state index contributed by atoms with van der Waals surface area (Å²) >= 11 is 1.33. The second-order valence-electron chi connectivity index (χ2n) is 5.68. The van der Waals surface area contributed by atoms with Crippen LogP contribution in [-0.4, -0.2) is 30.1 Å². The van der Waals surface area contributed by atoms with Gasteiger partial charge in [0.15, 0.2) is 11.5 Å². The van der Waals surface area contributed by atoms with E-state index in [1.165, 1.54) is 11.3 Å². The fourth-order valence-corrected chi connectivity index (χ4v) is 3.44. The van der Waals surface area contributed by atoms with Gasteiger partial charge in [-0.3, -0.25) is 4.79 Å². The van der Waals surface area contributed by atoms with Gasteiger partial charge in [0.2, 0.25) is 0 Å². The van der Waals surface area contributed by atoms with Crippen LogP contribution >= 0.6 is 11.3 Å². The van der Waals surface area contributed by atoms with Gasteiger partial charge in [-0.1, -0.05) is 0 Å². The van der Waals surface area contributed by atoms with E-state index >= 15 is 0 Å². The number of benzene rings is 1. The Balaban J connectivity index is 1.88. The van der Waals surface area contributed by atoms with E-state index < -0.39 is 0 Å². The van der Waals surface area contributed by atoms with E-state index in [1.54, 1.807) is 20.4 Å². The predicted molar refractivity (Wildman–Crippen MR) is 102 cm³/mol. The van der Waals surface area contributed by atoms with Crippen LogP contribution in [-0.2, 0) is 0 Å². The molecule has 0 aliphatic heterocycles. The van der Waals surface area contributed by atoms with E-state index in [1.807, 2.05) is 44.2 Å². The van der Waals surface area contributed by atoms with E-state index in [9.17, 15) is 4.79 Å². The molecule has 0 aliphatic rings. The number of hydrogen-bond donors (Lipinski definition) is 1. The summed E-state index contributed by atoms with van der Waals surface area (Å²) in [6, 6.07) is 9.26. The Bertz CT molecular complexity index is 953. The molecular formula is C19H19N3O3S. The number of pyridine rings is 1. The quantitative estimate of drug-likeness (QED) is 0.733. The summed E-state index contributed by atoms with van der Waals surface area (Å²) < 4.78 is 10.6. The van der Waals surface area contributed by atoms with Gasteiger partial charge in [-0.2, -0.15) is 0 Å². The van der Waals surface area contributed by atoms with Gasteiger partial charge in [0.25, 0.3) is 5.91 Å². The number of hydrogen-bond acceptors (Lipinski definition) is 6. The third kappa shape index (κ3) is 3.67. The molecule has 7 heteroatoms. The highest BCUT2D eigenvalue weighted by molar-refractivity contribution is 7.17. The van der Waals surface area contributed by atoms with Gasteiger partial charge in [0, 0.05) is 11.8 Å². The van der Waals surface area contributed by atoms with Crippen molar-refractivity contribution < 1.29 is 14.3 Å². The van der Waals surface area contributed by atoms with Crippen LogP contribution in [0.2, 0.25) is 0 Å². The summed E-state index contributed by atoms with van der Waals surface area (Å²) in [4.78, 5) is 21.8. The SMILES string of the molecule is COc1ccc(-c2nc(C)c(C(=O)Nc3cc(C)ccn3)s2)cc1OC. The number of rotatable bonds is 5. The lowest BCUT2D eigenvalue weighted by molar-refractivity contribution is 0.102. The zero-order valence-corrected chi connectivity index (χ0v) is 15.8. The standard InChI is InChI=1S/C19H19N3O3S/c1-11-7-8-20-16(9-11)22-18(23)17-12(2)21-19(26-17)13-5-6-14(24-3)15(10-13)25-4/h5-10H,1-4H3,(H,20,22,23). The number of methoxy groups -OCH3 is 2. The lowest BCUT2D eigenvalue weighted by Crippen LogP contribution is -2.12. The third-order valence-electron chi connectivity index (χ3n) is 3.79. The molecule has 1 aromatic carbocycles. The summed E-state index contributed by atoms with van der Waals surface area (Å²) in [7, 11) is 3.18. The maximum absolute atomic E-state index is 12.6. The molecule has 3 aromatic rings. The molecule has 1 N–H and O–H groups in total. The van der Waals surface area contributed by atoms with E-state index in [0.717, 1.165) is 16.1 Å². The number of nitrogens with zero attached hydrogens (tertiary/aromatic N) is 2. The number of thiazole rings is 1. The van der Waals surface area contributed by atoms with Crippen LogP contribution in [0.4, 0.5) is 5.82 Å². The third-order valence-corrected chi connectivity index (χ3v) is 5.00. The van der Waals surface area contributed by atoms with Crippen molar-refractivity contribution in [2.24, 2.45) is 0 Å². The molecule has 0 saturated heterocycles. The van der Waals surface area contributed by atoms with Gasteiger partial charge < -0.3 is 14.8 Å². The van der Waals surface area contributed by atoms with Crippen molar-refractivity contribution in [3.8, 4) is 22.1 Å². The first-order valence-electron chi connectivity index (χ1n) is 7.95. The maximum Gasteiger partial charge on any atom is 0.268 e. The number of carbonyl (C=O) groups excluding carboxylic acids is 1. The van der Waals surface area contributed by atoms with Gasteiger partial charge in [-0.25, -0.2) is 9.97 Å². The molecule has 0 bridgehead atoms. The Morgan fingerprint density at radius 2 is 1.85 bits per heavy atom. The van der Waals surface area contributed by atoms with E-state index in [-0.39, 0.29) is 5.91 Å². The van der Waals surface area contributed by atoms with E-state index in [0.29, 0.717) is 27.9 Å². The Morgan fingerprint density at radius 3 is 2.54 bits per heavy atom. The summed E-state index contributed by atoms with van der Waals surface area (Å²) in [5, 5.41) is 3.56. The number of aryl methyl sites for hydroxylation is 2. The monoisotopic (exact) mass is 369 g/mol. The van der Waals surface area contributed by atoms with Crippen molar-refractivity contribution in [2.75, 3.05) is 19.5 Å². The largest absolute Gasteiger partial charge is 0.493 e. The second kappa shape index (κ2) is 7.53. The highest BCUT2D eigenvalue weighted by atomic mass is 32.1. The van der Waals surface area contributed by atoms with Crippen molar-refractivity contribution >= 4 is 23.1 Å². The number of anilines is 1. The van der Waals surface area contributed by atoms with Crippen LogP contribution in [0.15, 0.2) is 36.5 Å². The summed E-state index contributed by atoms with van der Waals surface area (Å²) in [5.41, 5.74) is 2.57. The number of nitrogens with one attached hydrogen (secondary N) is 1. The molecule has 26 heavy (non-hydrogen) atoms. The average Bonchev–Trinajstić information content (AvgIpc) is 3.03. The van der Waals surface area contributed by atoms with Crippen LogP contribution in [0.25, 0.3) is 10.6 Å². The lowest BCUT2D eigenvalue weighted by atomic mass is 10.2. The predicted octanol–water partition coefficient (Wildman–Crippen LogP) is 4.09. The first-order chi connectivity index (χ1) is 12.5. The van der Waals surface area contributed by atoms with E-state index in [4.69, 9.17) is 9.47 Å². The molecule has 0 atom stereocenters. The van der Waals surface area contributed by atoms with Crippen LogP contribution in [0.3, 0.4) is 0 Å². The van der Waals surface area contributed by atoms with E-state index in [2.05, 4.69) is 15.3 Å². The van der Waals surface area contributed by atoms with Gasteiger partial charge in [0.1, 0.15) is 15.7 Å². The maximum atomic E-state index is 12.6. The fraction of sp³-hybridized carbons (Fsp3) is 0.211. The molecule has 3 rings (SSSR count). The number of aromatic nitrogens is 2. The van der Waals surface area contributed by atoms with Crippen LogP contribution in [0.1, 0.15) is 20.9 Å². The van der Waals surface area contributed by atoms with Gasteiger partial charge in [-0.15, -0.1) is 11.3 Å². The highest BCUT2D eigenvalue weighted by Gasteiger charge is 2.18. The van der Waals surface area contributed by atoms with Crippen LogP contribution < -0.4 is 14.8 Å². The van der Waals surface area contributed by atoms with Gasteiger partial charge >= 0.3 is 0 Å².